The number of carbonyl (C=O) groups is 3. The van der Waals surface area contributed by atoms with Gasteiger partial charge in [-0.05, 0) is 36.5 Å². The van der Waals surface area contributed by atoms with E-state index in [1.807, 2.05) is 13.8 Å². The van der Waals surface area contributed by atoms with Crippen molar-refractivity contribution in [1.82, 2.24) is 15.5 Å². The maximum atomic E-state index is 15.5. The van der Waals surface area contributed by atoms with E-state index in [0.29, 0.717) is 18.7 Å². The number of carbonyl (C=O) groups excluding carboxylic acids is 3. The Labute approximate surface area is 230 Å². The van der Waals surface area contributed by atoms with E-state index in [0.717, 1.165) is 44.2 Å². The van der Waals surface area contributed by atoms with Gasteiger partial charge in [-0.15, -0.1) is 0 Å². The van der Waals surface area contributed by atoms with E-state index in [1.54, 1.807) is 17.0 Å². The second kappa shape index (κ2) is 12.8. The second-order valence-corrected chi connectivity index (χ2v) is 11.0. The fourth-order valence-electron chi connectivity index (χ4n) is 5.47. The number of hydrogen-bond donors (Lipinski definition) is 2. The normalized spacial score (nSPS) is 17.1. The Balaban J connectivity index is 0.00000294. The molecule has 2 amide bonds. The molecule has 2 N–H and O–H groups in total. The standard InChI is InChI=1S/C30H36F3N3O3.2H2/c1-18(2)29(38)28(19-7-4-3-5-8-19)35-30(39)24-10-6-9-23(27(24)33)21-16-36(17-21)26(37)15-34-14-20-11-12-22(31)13-25(20)32;;/h6,9-13,18-19,21,28,34H,3-5,7-8,14-17H2,1-2H3,(H,35,39);2*1H/t28-;;/m1../s1. The Morgan fingerprint density at radius 1 is 1.03 bits per heavy atom. The highest BCUT2D eigenvalue weighted by Gasteiger charge is 2.36. The smallest absolute Gasteiger partial charge is 0.254 e. The third-order valence-corrected chi connectivity index (χ3v) is 7.84. The predicted molar refractivity (Wildman–Crippen MR) is 146 cm³/mol. The van der Waals surface area contributed by atoms with Crippen LogP contribution in [0.25, 0.3) is 0 Å². The van der Waals surface area contributed by atoms with Gasteiger partial charge in [-0.3, -0.25) is 14.4 Å². The third kappa shape index (κ3) is 6.87. The summed E-state index contributed by atoms with van der Waals surface area (Å²) < 4.78 is 42.3. The molecule has 2 aliphatic rings. The summed E-state index contributed by atoms with van der Waals surface area (Å²) in [6, 6.07) is 7.30. The molecule has 0 aromatic heterocycles. The van der Waals surface area contributed by atoms with E-state index >= 15 is 4.39 Å². The molecule has 4 rings (SSSR count). The van der Waals surface area contributed by atoms with Gasteiger partial charge in [0.25, 0.3) is 5.91 Å². The van der Waals surface area contributed by atoms with Crippen LogP contribution in [0.5, 0.6) is 0 Å². The fraction of sp³-hybridized carbons (Fsp3) is 0.500. The van der Waals surface area contributed by atoms with Gasteiger partial charge in [-0.25, -0.2) is 13.2 Å². The minimum Gasteiger partial charge on any atom is -0.342 e. The highest BCUT2D eigenvalue weighted by atomic mass is 19.1. The summed E-state index contributed by atoms with van der Waals surface area (Å²) in [6.07, 6.45) is 4.88. The number of hydrogen-bond acceptors (Lipinski definition) is 4. The van der Waals surface area contributed by atoms with Crippen LogP contribution in [0, 0.1) is 29.3 Å². The SMILES string of the molecule is CC(C)C(=O)[C@H](NC(=O)c1cccc(C2CN(C(=O)CNCc3ccc(F)cc3F)C2)c1F)C1CCCCC1.[HH].[HH]. The van der Waals surface area contributed by atoms with Crippen LogP contribution < -0.4 is 10.6 Å². The van der Waals surface area contributed by atoms with Crippen molar-refractivity contribution in [3.8, 4) is 0 Å². The molecule has 0 unspecified atom stereocenters. The first-order chi connectivity index (χ1) is 18.7. The van der Waals surface area contributed by atoms with E-state index in [9.17, 15) is 23.2 Å². The molecule has 0 spiro atoms. The van der Waals surface area contributed by atoms with Crippen LogP contribution in [0.15, 0.2) is 36.4 Å². The summed E-state index contributed by atoms with van der Waals surface area (Å²) in [5.41, 5.74) is 0.513. The fourth-order valence-corrected chi connectivity index (χ4v) is 5.47. The molecule has 2 fully saturated rings. The number of nitrogens with zero attached hydrogens (tertiary/aromatic N) is 1. The average molecular weight is 548 g/mol. The van der Waals surface area contributed by atoms with Crippen molar-refractivity contribution in [3.05, 3.63) is 70.5 Å². The highest BCUT2D eigenvalue weighted by molar-refractivity contribution is 5.98. The number of nitrogens with one attached hydrogen (secondary N) is 2. The summed E-state index contributed by atoms with van der Waals surface area (Å²) in [7, 11) is 0. The molecule has 0 radical (unpaired) electrons. The molecule has 39 heavy (non-hydrogen) atoms. The van der Waals surface area contributed by atoms with E-state index < -0.39 is 29.4 Å². The molecule has 6 nitrogen and oxygen atoms in total. The van der Waals surface area contributed by atoms with Gasteiger partial charge in [0.2, 0.25) is 5.91 Å². The molecular formula is C30H40F3N3O3. The maximum absolute atomic E-state index is 15.5. The minimum atomic E-state index is -0.683. The first kappa shape index (κ1) is 28.8. The lowest BCUT2D eigenvalue weighted by atomic mass is 9.80. The Morgan fingerprint density at radius 2 is 1.74 bits per heavy atom. The van der Waals surface area contributed by atoms with Crippen LogP contribution in [0.3, 0.4) is 0 Å². The molecule has 0 bridgehead atoms. The van der Waals surface area contributed by atoms with Gasteiger partial charge in [0.05, 0.1) is 18.2 Å². The number of halogens is 3. The third-order valence-electron chi connectivity index (χ3n) is 7.84. The van der Waals surface area contributed by atoms with E-state index in [1.165, 1.54) is 12.1 Å². The topological polar surface area (TPSA) is 78.5 Å². The molecule has 1 aliphatic carbocycles. The summed E-state index contributed by atoms with van der Waals surface area (Å²) in [6.45, 7) is 4.24. The van der Waals surface area contributed by atoms with Gasteiger partial charge < -0.3 is 15.5 Å². The number of benzene rings is 2. The van der Waals surface area contributed by atoms with Crippen molar-refractivity contribution in [2.24, 2.45) is 11.8 Å². The number of Topliss-reactive ketones (excluding diaryl/α,β-unsaturated/α-hetero) is 1. The van der Waals surface area contributed by atoms with E-state index in [4.69, 9.17) is 0 Å². The van der Waals surface area contributed by atoms with Crippen molar-refractivity contribution in [1.29, 1.82) is 0 Å². The molecule has 1 aliphatic heterocycles. The predicted octanol–water partition coefficient (Wildman–Crippen LogP) is 5.22. The second-order valence-electron chi connectivity index (χ2n) is 11.0. The van der Waals surface area contributed by atoms with Crippen molar-refractivity contribution in [2.45, 2.75) is 64.5 Å². The van der Waals surface area contributed by atoms with Crippen LogP contribution >= 0.6 is 0 Å². The zero-order chi connectivity index (χ0) is 28.1. The van der Waals surface area contributed by atoms with Crippen molar-refractivity contribution < 1.29 is 30.4 Å². The molecular weight excluding hydrogens is 507 g/mol. The summed E-state index contributed by atoms with van der Waals surface area (Å²) >= 11 is 0. The van der Waals surface area contributed by atoms with Crippen LogP contribution in [0.1, 0.15) is 76.2 Å². The molecule has 1 atom stereocenters. The molecule has 1 saturated carbocycles. The first-order valence-electron chi connectivity index (χ1n) is 13.7. The molecule has 9 heteroatoms. The quantitative estimate of drug-likeness (QED) is 0.428. The number of likely N-dealkylation sites (tertiary alicyclic amines) is 1. The lowest BCUT2D eigenvalue weighted by molar-refractivity contribution is -0.134. The monoisotopic (exact) mass is 547 g/mol. The Morgan fingerprint density at radius 3 is 2.41 bits per heavy atom. The maximum Gasteiger partial charge on any atom is 0.254 e. The van der Waals surface area contributed by atoms with Crippen molar-refractivity contribution in [2.75, 3.05) is 19.6 Å². The Hall–Kier alpha value is -3.20. The zero-order valence-electron chi connectivity index (χ0n) is 22.4. The summed E-state index contributed by atoms with van der Waals surface area (Å²) in [5, 5.41) is 5.70. The molecule has 1 saturated heterocycles. The van der Waals surface area contributed by atoms with Gasteiger partial charge in [-0.1, -0.05) is 51.3 Å². The lowest BCUT2D eigenvalue weighted by Crippen LogP contribution is -2.51. The van der Waals surface area contributed by atoms with Crippen LogP contribution in [0.2, 0.25) is 0 Å². The number of rotatable bonds is 10. The minimum absolute atomic E-state index is 0. The van der Waals surface area contributed by atoms with Gasteiger partial charge in [0, 0.05) is 46.0 Å². The number of ketones is 1. The zero-order valence-corrected chi connectivity index (χ0v) is 22.4. The highest BCUT2D eigenvalue weighted by Crippen LogP contribution is 2.31. The van der Waals surface area contributed by atoms with Gasteiger partial charge in [-0.2, -0.15) is 0 Å². The molecule has 2 aromatic carbocycles. The van der Waals surface area contributed by atoms with Crippen LogP contribution in [-0.2, 0) is 16.1 Å². The average Bonchev–Trinajstić information content (AvgIpc) is 2.88. The van der Waals surface area contributed by atoms with Crippen LogP contribution in [0.4, 0.5) is 13.2 Å². The Bertz CT molecular complexity index is 1220. The van der Waals surface area contributed by atoms with Crippen molar-refractivity contribution in [3.63, 3.8) is 0 Å². The van der Waals surface area contributed by atoms with Gasteiger partial charge in [0.1, 0.15) is 17.5 Å². The number of amides is 2. The first-order valence-corrected chi connectivity index (χ1v) is 13.7. The molecule has 2 aromatic rings. The van der Waals surface area contributed by atoms with E-state index in [-0.39, 0.29) is 56.5 Å². The largest absolute Gasteiger partial charge is 0.342 e. The Kier molecular flexibility index (Phi) is 9.43. The van der Waals surface area contributed by atoms with E-state index in [2.05, 4.69) is 10.6 Å². The molecule has 214 valence electrons. The van der Waals surface area contributed by atoms with Gasteiger partial charge >= 0.3 is 0 Å². The molecule has 1 heterocycles. The van der Waals surface area contributed by atoms with Crippen LogP contribution in [-0.4, -0.2) is 48.2 Å². The lowest BCUT2D eigenvalue weighted by Gasteiger charge is -2.40. The van der Waals surface area contributed by atoms with Gasteiger partial charge in [0.15, 0.2) is 5.78 Å². The van der Waals surface area contributed by atoms with Crippen molar-refractivity contribution >= 4 is 17.6 Å². The summed E-state index contributed by atoms with van der Waals surface area (Å²) in [4.78, 5) is 40.1. The summed E-state index contributed by atoms with van der Waals surface area (Å²) in [5.74, 6) is -3.26.